The Hall–Kier alpha value is -3.54. The van der Waals surface area contributed by atoms with E-state index in [1.807, 2.05) is 24.3 Å². The van der Waals surface area contributed by atoms with E-state index < -0.39 is 0 Å². The number of benzene rings is 2. The van der Waals surface area contributed by atoms with E-state index in [0.29, 0.717) is 55.1 Å². The second kappa shape index (κ2) is 11.0. The van der Waals surface area contributed by atoms with Crippen molar-refractivity contribution in [1.29, 1.82) is 0 Å². The Morgan fingerprint density at radius 2 is 1.23 bits per heavy atom. The van der Waals surface area contributed by atoms with Crippen LogP contribution in [0.4, 0.5) is 0 Å². The summed E-state index contributed by atoms with van der Waals surface area (Å²) < 4.78 is 12.0. The van der Waals surface area contributed by atoms with Gasteiger partial charge >= 0.3 is 0 Å². The number of amides is 2. The summed E-state index contributed by atoms with van der Waals surface area (Å²) in [5.41, 5.74) is 2.75. The Bertz CT molecular complexity index is 890. The van der Waals surface area contributed by atoms with Crippen LogP contribution < -0.4 is 20.1 Å². The molecule has 6 heteroatoms. The molecule has 2 aromatic rings. The first-order valence-electron chi connectivity index (χ1n) is 10.4. The molecule has 0 unspecified atom stereocenters. The molecule has 2 amide bonds. The number of fused-ring (bicyclic) bond motifs is 2. The average molecular weight is 421 g/mol. The third kappa shape index (κ3) is 5.54. The van der Waals surface area contributed by atoms with E-state index in [0.717, 1.165) is 11.1 Å². The van der Waals surface area contributed by atoms with E-state index in [4.69, 9.17) is 9.47 Å². The molecule has 2 N–H and O–H groups in total. The Kier molecular flexibility index (Phi) is 7.87. The molecule has 0 atom stereocenters. The standard InChI is InChI=1S/C25H28N2O4/c1-3-8-18-10-5-12-20-22(18)30-16-7-17-31-23-19(9-4-2)11-6-13-21(23)25(29)27-15-14-26-24(20)28/h3-6,10-13H,1-2,7-9,14-17H2,(H,26,28)(H,27,29). The molecule has 31 heavy (non-hydrogen) atoms. The van der Waals surface area contributed by atoms with Gasteiger partial charge in [-0.25, -0.2) is 0 Å². The lowest BCUT2D eigenvalue weighted by Crippen LogP contribution is -2.35. The highest BCUT2D eigenvalue weighted by molar-refractivity contribution is 5.98. The molecule has 1 aliphatic heterocycles. The summed E-state index contributed by atoms with van der Waals surface area (Å²) in [4.78, 5) is 25.5. The fraction of sp³-hybridized carbons (Fsp3) is 0.280. The van der Waals surface area contributed by atoms with E-state index in [9.17, 15) is 9.59 Å². The number of hydrogen-bond acceptors (Lipinski definition) is 4. The highest BCUT2D eigenvalue weighted by Gasteiger charge is 2.18. The number of carbonyl (C=O) groups is 2. The van der Waals surface area contributed by atoms with Crippen molar-refractivity contribution in [3.8, 4) is 11.5 Å². The quantitative estimate of drug-likeness (QED) is 0.743. The summed E-state index contributed by atoms with van der Waals surface area (Å²) in [6, 6.07) is 11.0. The number of para-hydroxylation sites is 2. The third-order valence-electron chi connectivity index (χ3n) is 4.89. The molecule has 0 bridgehead atoms. The molecule has 0 radical (unpaired) electrons. The summed E-state index contributed by atoms with van der Waals surface area (Å²) >= 11 is 0. The second-order valence-corrected chi connectivity index (χ2v) is 7.14. The van der Waals surface area contributed by atoms with Crippen LogP contribution in [0.5, 0.6) is 11.5 Å². The summed E-state index contributed by atoms with van der Waals surface area (Å²) in [7, 11) is 0. The number of ether oxygens (including phenoxy) is 2. The smallest absolute Gasteiger partial charge is 0.255 e. The molecule has 2 aromatic carbocycles. The van der Waals surface area contributed by atoms with Crippen molar-refractivity contribution in [2.24, 2.45) is 0 Å². The number of nitrogens with one attached hydrogen (secondary N) is 2. The first kappa shape index (κ1) is 22.2. The number of allylic oxidation sites excluding steroid dienone is 2. The van der Waals surface area contributed by atoms with Gasteiger partial charge in [0.25, 0.3) is 11.8 Å². The van der Waals surface area contributed by atoms with Crippen LogP contribution in [0.1, 0.15) is 38.3 Å². The van der Waals surface area contributed by atoms with Crippen molar-refractivity contribution in [3.63, 3.8) is 0 Å². The van der Waals surface area contributed by atoms with E-state index in [2.05, 4.69) is 23.8 Å². The minimum absolute atomic E-state index is 0.241. The van der Waals surface area contributed by atoms with Crippen molar-refractivity contribution >= 4 is 11.8 Å². The molecule has 1 heterocycles. The van der Waals surface area contributed by atoms with Gasteiger partial charge in [0.15, 0.2) is 0 Å². The minimum atomic E-state index is -0.241. The first-order valence-corrected chi connectivity index (χ1v) is 10.4. The van der Waals surface area contributed by atoms with Gasteiger partial charge in [0.1, 0.15) is 11.5 Å². The Labute approximate surface area is 182 Å². The van der Waals surface area contributed by atoms with Gasteiger partial charge in [-0.05, 0) is 36.1 Å². The largest absolute Gasteiger partial charge is 0.492 e. The van der Waals surface area contributed by atoms with Crippen molar-refractivity contribution in [3.05, 3.63) is 84.0 Å². The maximum absolute atomic E-state index is 12.7. The molecule has 162 valence electrons. The molecule has 0 saturated heterocycles. The lowest BCUT2D eigenvalue weighted by Gasteiger charge is -2.16. The molecular weight excluding hydrogens is 392 g/mol. The predicted molar refractivity (Wildman–Crippen MR) is 121 cm³/mol. The topological polar surface area (TPSA) is 76.7 Å². The lowest BCUT2D eigenvalue weighted by atomic mass is 10.1. The maximum Gasteiger partial charge on any atom is 0.255 e. The highest BCUT2D eigenvalue weighted by Crippen LogP contribution is 2.27. The van der Waals surface area contributed by atoms with Gasteiger partial charge in [-0.1, -0.05) is 36.4 Å². The SMILES string of the molecule is C=CCc1cccc2c1OCCCOc1c(CC=C)cccc1C(=O)NCCNC2=O. The van der Waals surface area contributed by atoms with Gasteiger partial charge in [-0.3, -0.25) is 9.59 Å². The van der Waals surface area contributed by atoms with Crippen LogP contribution in [0.25, 0.3) is 0 Å². The Balaban J connectivity index is 1.86. The highest BCUT2D eigenvalue weighted by atomic mass is 16.5. The van der Waals surface area contributed by atoms with Crippen LogP contribution in [0.15, 0.2) is 61.7 Å². The predicted octanol–water partition coefficient (Wildman–Crippen LogP) is 3.46. The van der Waals surface area contributed by atoms with E-state index in [-0.39, 0.29) is 24.9 Å². The van der Waals surface area contributed by atoms with Gasteiger partial charge in [-0.15, -0.1) is 13.2 Å². The van der Waals surface area contributed by atoms with Crippen molar-refractivity contribution in [1.82, 2.24) is 10.6 Å². The normalized spacial score (nSPS) is 14.8. The van der Waals surface area contributed by atoms with Crippen LogP contribution >= 0.6 is 0 Å². The van der Waals surface area contributed by atoms with E-state index >= 15 is 0 Å². The van der Waals surface area contributed by atoms with E-state index in [1.54, 1.807) is 24.3 Å². The number of rotatable bonds is 4. The second-order valence-electron chi connectivity index (χ2n) is 7.14. The van der Waals surface area contributed by atoms with Crippen LogP contribution in [0.2, 0.25) is 0 Å². The number of carbonyl (C=O) groups excluding carboxylic acids is 2. The molecule has 0 fully saturated rings. The van der Waals surface area contributed by atoms with Crippen molar-refractivity contribution in [2.75, 3.05) is 26.3 Å². The fourth-order valence-corrected chi connectivity index (χ4v) is 3.45. The minimum Gasteiger partial charge on any atom is -0.492 e. The van der Waals surface area contributed by atoms with Gasteiger partial charge in [0, 0.05) is 19.5 Å². The fourth-order valence-electron chi connectivity index (χ4n) is 3.45. The third-order valence-corrected chi connectivity index (χ3v) is 4.89. The zero-order valence-corrected chi connectivity index (χ0v) is 17.6. The summed E-state index contributed by atoms with van der Waals surface area (Å²) in [6.07, 6.45) is 5.35. The first-order chi connectivity index (χ1) is 15.2. The lowest BCUT2D eigenvalue weighted by molar-refractivity contribution is 0.0924. The van der Waals surface area contributed by atoms with Crippen LogP contribution in [-0.2, 0) is 12.8 Å². The van der Waals surface area contributed by atoms with Crippen molar-refractivity contribution < 1.29 is 19.1 Å². The summed E-state index contributed by atoms with van der Waals surface area (Å²) in [6.45, 7) is 8.91. The zero-order valence-electron chi connectivity index (χ0n) is 17.6. The molecule has 3 rings (SSSR count). The zero-order chi connectivity index (χ0) is 22.1. The summed E-state index contributed by atoms with van der Waals surface area (Å²) in [5, 5.41) is 5.70. The van der Waals surface area contributed by atoms with E-state index in [1.165, 1.54) is 0 Å². The molecular formula is C25H28N2O4. The van der Waals surface area contributed by atoms with Crippen molar-refractivity contribution in [2.45, 2.75) is 19.3 Å². The number of hydrogen-bond donors (Lipinski definition) is 2. The summed E-state index contributed by atoms with van der Waals surface area (Å²) in [5.74, 6) is 0.642. The molecule has 0 saturated carbocycles. The molecule has 1 aliphatic rings. The van der Waals surface area contributed by atoms with Gasteiger partial charge < -0.3 is 20.1 Å². The molecule has 0 spiro atoms. The maximum atomic E-state index is 12.7. The van der Waals surface area contributed by atoms with Crippen LogP contribution in [-0.4, -0.2) is 38.1 Å². The molecule has 0 aliphatic carbocycles. The molecule has 0 aromatic heterocycles. The van der Waals surface area contributed by atoms with Gasteiger partial charge in [0.2, 0.25) is 0 Å². The Morgan fingerprint density at radius 1 is 0.774 bits per heavy atom. The van der Waals surface area contributed by atoms with Crippen LogP contribution in [0.3, 0.4) is 0 Å². The van der Waals surface area contributed by atoms with Crippen LogP contribution in [0, 0.1) is 0 Å². The monoisotopic (exact) mass is 420 g/mol. The molecule has 6 nitrogen and oxygen atoms in total. The van der Waals surface area contributed by atoms with Gasteiger partial charge in [0.05, 0.1) is 24.3 Å². The Morgan fingerprint density at radius 3 is 1.65 bits per heavy atom. The average Bonchev–Trinajstić information content (AvgIpc) is 2.77. The van der Waals surface area contributed by atoms with Gasteiger partial charge in [-0.2, -0.15) is 0 Å².